The highest BCUT2D eigenvalue weighted by atomic mass is 15.1. The number of nitrogens with zero attached hydrogens (tertiary/aromatic N) is 1. The third-order valence-corrected chi connectivity index (χ3v) is 1.82. The highest BCUT2D eigenvalue weighted by Crippen LogP contribution is 2.08. The maximum Gasteiger partial charge on any atom is 0.0362 e. The molecule has 0 N–H and O–H groups in total. The molecule has 1 nitrogen and oxygen atoms in total. The molecule has 1 heterocycles. The second kappa shape index (κ2) is 2.91. The summed E-state index contributed by atoms with van der Waals surface area (Å²) in [7, 11) is 0. The van der Waals surface area contributed by atoms with Crippen molar-refractivity contribution in [1.29, 1.82) is 0 Å². The molecule has 1 aliphatic heterocycles. The Morgan fingerprint density at radius 1 is 1.50 bits per heavy atom. The molecule has 0 aliphatic carbocycles. The van der Waals surface area contributed by atoms with Crippen molar-refractivity contribution in [2.75, 3.05) is 6.54 Å². The van der Waals surface area contributed by atoms with Crippen molar-refractivity contribution in [2.24, 2.45) is 0 Å². The molecule has 0 bridgehead atoms. The lowest BCUT2D eigenvalue weighted by Crippen LogP contribution is -2.26. The van der Waals surface area contributed by atoms with Gasteiger partial charge < -0.3 is 4.90 Å². The van der Waals surface area contributed by atoms with Crippen LogP contribution in [-0.4, -0.2) is 17.5 Å². The SMILES string of the molecule is CC1=CCN(C(C)C)C=C1. The third-order valence-electron chi connectivity index (χ3n) is 1.82. The van der Waals surface area contributed by atoms with E-state index < -0.39 is 0 Å². The lowest BCUT2D eigenvalue weighted by atomic mass is 10.2. The van der Waals surface area contributed by atoms with E-state index in [0.717, 1.165) is 6.54 Å². The molecule has 0 radical (unpaired) electrons. The molecule has 10 heavy (non-hydrogen) atoms. The number of hydrogen-bond acceptors (Lipinski definition) is 1. The predicted molar refractivity (Wildman–Crippen MR) is 44.7 cm³/mol. The van der Waals surface area contributed by atoms with Crippen LogP contribution >= 0.6 is 0 Å². The van der Waals surface area contributed by atoms with Gasteiger partial charge >= 0.3 is 0 Å². The van der Waals surface area contributed by atoms with Gasteiger partial charge in [-0.05, 0) is 33.0 Å². The van der Waals surface area contributed by atoms with Crippen LogP contribution in [-0.2, 0) is 0 Å². The van der Waals surface area contributed by atoms with Crippen molar-refractivity contribution in [3.8, 4) is 0 Å². The van der Waals surface area contributed by atoms with Gasteiger partial charge in [0.25, 0.3) is 0 Å². The summed E-state index contributed by atoms with van der Waals surface area (Å²) in [6.45, 7) is 7.62. The quantitative estimate of drug-likeness (QED) is 0.535. The monoisotopic (exact) mass is 137 g/mol. The highest BCUT2D eigenvalue weighted by Gasteiger charge is 2.04. The summed E-state index contributed by atoms with van der Waals surface area (Å²) in [5.41, 5.74) is 1.37. The maximum absolute atomic E-state index is 2.31. The molecular formula is C9H15N. The summed E-state index contributed by atoms with van der Waals surface area (Å²) < 4.78 is 0. The van der Waals surface area contributed by atoms with Crippen molar-refractivity contribution in [3.63, 3.8) is 0 Å². The number of hydrogen-bond donors (Lipinski definition) is 0. The Kier molecular flexibility index (Phi) is 2.15. The van der Waals surface area contributed by atoms with E-state index in [1.807, 2.05) is 0 Å². The zero-order valence-corrected chi connectivity index (χ0v) is 6.96. The van der Waals surface area contributed by atoms with Gasteiger partial charge in [-0.3, -0.25) is 0 Å². The Morgan fingerprint density at radius 2 is 2.20 bits per heavy atom. The second-order valence-corrected chi connectivity index (χ2v) is 3.05. The maximum atomic E-state index is 2.31. The third kappa shape index (κ3) is 1.63. The van der Waals surface area contributed by atoms with E-state index in [0.29, 0.717) is 6.04 Å². The van der Waals surface area contributed by atoms with E-state index in [-0.39, 0.29) is 0 Å². The summed E-state index contributed by atoms with van der Waals surface area (Å²) in [4.78, 5) is 2.31. The number of rotatable bonds is 1. The lowest BCUT2D eigenvalue weighted by molar-refractivity contribution is 0.338. The molecule has 0 aromatic heterocycles. The molecule has 0 spiro atoms. The van der Waals surface area contributed by atoms with Gasteiger partial charge in [0.05, 0.1) is 0 Å². The van der Waals surface area contributed by atoms with Crippen LogP contribution in [0, 0.1) is 0 Å². The van der Waals surface area contributed by atoms with E-state index in [2.05, 4.69) is 44.0 Å². The van der Waals surface area contributed by atoms with E-state index in [9.17, 15) is 0 Å². The molecule has 0 saturated carbocycles. The Morgan fingerprint density at radius 3 is 2.60 bits per heavy atom. The minimum absolute atomic E-state index is 0.626. The fraction of sp³-hybridized carbons (Fsp3) is 0.556. The van der Waals surface area contributed by atoms with Gasteiger partial charge in [-0.25, -0.2) is 0 Å². The first-order valence-corrected chi connectivity index (χ1v) is 3.81. The van der Waals surface area contributed by atoms with Gasteiger partial charge in [0.15, 0.2) is 0 Å². The molecule has 1 rings (SSSR count). The van der Waals surface area contributed by atoms with Crippen LogP contribution in [0.15, 0.2) is 23.9 Å². The van der Waals surface area contributed by atoms with Crippen LogP contribution in [0.5, 0.6) is 0 Å². The summed E-state index contributed by atoms with van der Waals surface area (Å²) >= 11 is 0. The predicted octanol–water partition coefficient (Wildman–Crippen LogP) is 2.17. The Balaban J connectivity index is 2.52. The van der Waals surface area contributed by atoms with E-state index in [1.165, 1.54) is 5.57 Å². The molecule has 1 aliphatic rings. The van der Waals surface area contributed by atoms with Crippen LogP contribution in [0.2, 0.25) is 0 Å². The molecular weight excluding hydrogens is 122 g/mol. The minimum atomic E-state index is 0.626. The zero-order valence-electron chi connectivity index (χ0n) is 6.96. The van der Waals surface area contributed by atoms with Crippen LogP contribution in [0.3, 0.4) is 0 Å². The van der Waals surface area contributed by atoms with Crippen LogP contribution in [0.1, 0.15) is 20.8 Å². The van der Waals surface area contributed by atoms with Gasteiger partial charge in [-0.2, -0.15) is 0 Å². The van der Waals surface area contributed by atoms with Gasteiger partial charge in [0.2, 0.25) is 0 Å². The number of allylic oxidation sites excluding steroid dienone is 2. The second-order valence-electron chi connectivity index (χ2n) is 3.05. The average molecular weight is 137 g/mol. The first-order valence-electron chi connectivity index (χ1n) is 3.81. The Hall–Kier alpha value is -0.720. The van der Waals surface area contributed by atoms with E-state index >= 15 is 0 Å². The van der Waals surface area contributed by atoms with Gasteiger partial charge in [-0.1, -0.05) is 11.6 Å². The normalized spacial score (nSPS) is 18.0. The summed E-state index contributed by atoms with van der Waals surface area (Å²) in [5, 5.41) is 0. The topological polar surface area (TPSA) is 3.24 Å². The first-order chi connectivity index (χ1) is 4.70. The summed E-state index contributed by atoms with van der Waals surface area (Å²) in [5.74, 6) is 0. The lowest BCUT2D eigenvalue weighted by Gasteiger charge is -2.25. The summed E-state index contributed by atoms with van der Waals surface area (Å²) in [6, 6.07) is 0.626. The first kappa shape index (κ1) is 7.39. The largest absolute Gasteiger partial charge is 0.371 e. The summed E-state index contributed by atoms with van der Waals surface area (Å²) in [6.07, 6.45) is 6.57. The smallest absolute Gasteiger partial charge is 0.0362 e. The van der Waals surface area contributed by atoms with Crippen LogP contribution in [0.25, 0.3) is 0 Å². The molecule has 0 atom stereocenters. The highest BCUT2D eigenvalue weighted by molar-refractivity contribution is 5.20. The molecule has 1 heteroatoms. The van der Waals surface area contributed by atoms with Crippen LogP contribution < -0.4 is 0 Å². The molecule has 0 amide bonds. The molecule has 0 aromatic rings. The van der Waals surface area contributed by atoms with Gasteiger partial charge in [0.1, 0.15) is 0 Å². The van der Waals surface area contributed by atoms with E-state index in [4.69, 9.17) is 0 Å². The average Bonchev–Trinajstić information content (AvgIpc) is 1.88. The van der Waals surface area contributed by atoms with Crippen molar-refractivity contribution >= 4 is 0 Å². The van der Waals surface area contributed by atoms with Crippen molar-refractivity contribution in [3.05, 3.63) is 23.9 Å². The molecule has 0 saturated heterocycles. The minimum Gasteiger partial charge on any atom is -0.371 e. The molecule has 0 fully saturated rings. The van der Waals surface area contributed by atoms with Crippen molar-refractivity contribution < 1.29 is 0 Å². The zero-order chi connectivity index (χ0) is 7.56. The van der Waals surface area contributed by atoms with Crippen LogP contribution in [0.4, 0.5) is 0 Å². The Labute approximate surface area is 63.0 Å². The fourth-order valence-corrected chi connectivity index (χ4v) is 0.975. The van der Waals surface area contributed by atoms with Gasteiger partial charge in [0, 0.05) is 12.6 Å². The molecule has 56 valence electrons. The Bertz CT molecular complexity index is 166. The molecule has 0 aromatic carbocycles. The molecule has 0 unspecified atom stereocenters. The van der Waals surface area contributed by atoms with Crippen molar-refractivity contribution in [1.82, 2.24) is 4.90 Å². The standard InChI is InChI=1S/C9H15N/c1-8(2)10-6-4-9(3)5-7-10/h4-6,8H,7H2,1-3H3. The van der Waals surface area contributed by atoms with Gasteiger partial charge in [-0.15, -0.1) is 0 Å². The van der Waals surface area contributed by atoms with Crippen molar-refractivity contribution in [2.45, 2.75) is 26.8 Å². The fourth-order valence-electron chi connectivity index (χ4n) is 0.975. The van der Waals surface area contributed by atoms with E-state index in [1.54, 1.807) is 0 Å².